The van der Waals surface area contributed by atoms with Gasteiger partial charge in [-0.2, -0.15) is 0 Å². The molecule has 5 heteroatoms. The number of aliphatic hydroxyl groups is 1. The largest absolute Gasteiger partial charge is 0.465 e. The van der Waals surface area contributed by atoms with E-state index in [1.54, 1.807) is 6.07 Å². The van der Waals surface area contributed by atoms with Crippen molar-refractivity contribution < 1.29 is 14.6 Å². The molecule has 0 saturated carbocycles. The summed E-state index contributed by atoms with van der Waals surface area (Å²) in [4.78, 5) is 12.1. The number of esters is 1. The second-order valence-electron chi connectivity index (χ2n) is 5.80. The third kappa shape index (κ3) is 2.74. The Morgan fingerprint density at radius 2 is 1.95 bits per heavy atom. The number of carbonyl (C=O) groups is 1. The fraction of sp³-hybridized carbons (Fsp3) is 0.353. The summed E-state index contributed by atoms with van der Waals surface area (Å²) in [6.45, 7) is 1.61. The van der Waals surface area contributed by atoms with Gasteiger partial charge in [0.25, 0.3) is 0 Å². The molecule has 116 valence electrons. The zero-order valence-electron chi connectivity index (χ0n) is 12.6. The predicted octanol–water partition coefficient (Wildman–Crippen LogP) is 2.70. The molecule has 1 fully saturated rings. The molecule has 1 unspecified atom stereocenters. The van der Waals surface area contributed by atoms with Gasteiger partial charge in [0.05, 0.1) is 18.3 Å². The van der Waals surface area contributed by atoms with Crippen molar-refractivity contribution in [2.75, 3.05) is 20.2 Å². The van der Waals surface area contributed by atoms with Crippen molar-refractivity contribution in [3.8, 4) is 0 Å². The fourth-order valence-electron chi connectivity index (χ4n) is 3.04. The molecule has 0 bridgehead atoms. The molecule has 2 aromatic carbocycles. The molecule has 2 aromatic rings. The van der Waals surface area contributed by atoms with Crippen molar-refractivity contribution in [2.24, 2.45) is 0 Å². The van der Waals surface area contributed by atoms with Gasteiger partial charge in [0.2, 0.25) is 0 Å². The number of benzene rings is 2. The van der Waals surface area contributed by atoms with Crippen molar-refractivity contribution in [1.82, 2.24) is 4.67 Å². The molecule has 1 N–H and O–H groups in total. The number of fused-ring (bicyclic) bond motifs is 1. The smallest absolute Gasteiger partial charge is 0.338 e. The van der Waals surface area contributed by atoms with Crippen molar-refractivity contribution >= 4 is 26.1 Å². The summed E-state index contributed by atoms with van der Waals surface area (Å²) in [5.41, 5.74) is 0.418. The molecular formula is C17H20NO3P. The molecule has 0 spiro atoms. The number of piperidine rings is 1. The average molecular weight is 317 g/mol. The maximum Gasteiger partial charge on any atom is 0.338 e. The lowest BCUT2D eigenvalue weighted by atomic mass is 9.83. The van der Waals surface area contributed by atoms with Crippen LogP contribution in [0.4, 0.5) is 0 Å². The Morgan fingerprint density at radius 3 is 2.64 bits per heavy atom. The highest BCUT2D eigenvalue weighted by molar-refractivity contribution is 7.13. The van der Waals surface area contributed by atoms with Gasteiger partial charge in [0.1, 0.15) is 0 Å². The van der Waals surface area contributed by atoms with Crippen LogP contribution in [0, 0.1) is 0 Å². The van der Waals surface area contributed by atoms with Crippen molar-refractivity contribution in [3.05, 3.63) is 47.5 Å². The number of hydrogen-bond acceptors (Lipinski definition) is 4. The van der Waals surface area contributed by atoms with E-state index in [1.165, 1.54) is 7.11 Å². The van der Waals surface area contributed by atoms with Gasteiger partial charge in [-0.25, -0.2) is 4.79 Å². The molecule has 0 amide bonds. The highest BCUT2D eigenvalue weighted by atomic mass is 31.0. The van der Waals surface area contributed by atoms with Crippen LogP contribution in [-0.2, 0) is 10.3 Å². The van der Waals surface area contributed by atoms with Gasteiger partial charge >= 0.3 is 5.97 Å². The standard InChI is InChI=1S/C17H20NO3P/c1-21-16(19)15-11-13(10-12-4-2-3-5-14(12)15)17(20)6-8-18(22)9-7-17/h2-5,10-11,20H,6-9,22H2,1H3. The Labute approximate surface area is 132 Å². The zero-order chi connectivity index (χ0) is 15.7. The summed E-state index contributed by atoms with van der Waals surface area (Å²) in [5, 5.41) is 12.8. The number of nitrogens with zero attached hydrogens (tertiary/aromatic N) is 1. The van der Waals surface area contributed by atoms with Crippen LogP contribution >= 0.6 is 9.39 Å². The topological polar surface area (TPSA) is 49.8 Å². The van der Waals surface area contributed by atoms with Gasteiger partial charge < -0.3 is 9.84 Å². The maximum atomic E-state index is 12.1. The number of carbonyl (C=O) groups excluding carboxylic acids is 1. The van der Waals surface area contributed by atoms with Crippen LogP contribution in [0.3, 0.4) is 0 Å². The van der Waals surface area contributed by atoms with Gasteiger partial charge in [0, 0.05) is 13.1 Å². The first-order chi connectivity index (χ1) is 10.5. The number of rotatable bonds is 2. The SMILES string of the molecule is COC(=O)c1cc(C2(O)CCN(P)CC2)cc2ccccc12. The van der Waals surface area contributed by atoms with Gasteiger partial charge in [-0.1, -0.05) is 33.7 Å². The first-order valence-electron chi connectivity index (χ1n) is 7.37. The highest BCUT2D eigenvalue weighted by Crippen LogP contribution is 2.36. The number of ether oxygens (including phenoxy) is 1. The Bertz CT molecular complexity index is 708. The van der Waals surface area contributed by atoms with E-state index in [4.69, 9.17) is 4.74 Å². The molecule has 0 radical (unpaired) electrons. The lowest BCUT2D eigenvalue weighted by Crippen LogP contribution is -2.38. The molecular weight excluding hydrogens is 297 g/mol. The summed E-state index contributed by atoms with van der Waals surface area (Å²) >= 11 is 0. The quantitative estimate of drug-likeness (QED) is 0.683. The lowest BCUT2D eigenvalue weighted by Gasteiger charge is -2.37. The Kier molecular flexibility index (Phi) is 4.18. The summed E-state index contributed by atoms with van der Waals surface area (Å²) in [5.74, 6) is -0.370. The second kappa shape index (κ2) is 5.96. The van der Waals surface area contributed by atoms with Gasteiger partial charge in [0.15, 0.2) is 0 Å². The van der Waals surface area contributed by atoms with E-state index in [1.807, 2.05) is 30.3 Å². The Morgan fingerprint density at radius 1 is 1.27 bits per heavy atom. The monoisotopic (exact) mass is 317 g/mol. The van der Waals surface area contributed by atoms with Crippen LogP contribution < -0.4 is 0 Å². The van der Waals surface area contributed by atoms with Gasteiger partial charge in [-0.15, -0.1) is 0 Å². The first kappa shape index (κ1) is 15.4. The summed E-state index contributed by atoms with van der Waals surface area (Å²) in [6, 6.07) is 11.5. The minimum atomic E-state index is -0.889. The zero-order valence-corrected chi connectivity index (χ0v) is 13.7. The molecule has 1 aliphatic rings. The Balaban J connectivity index is 2.13. The molecule has 1 aliphatic heterocycles. The Hall–Kier alpha value is -1.48. The van der Waals surface area contributed by atoms with Crippen LogP contribution in [0.1, 0.15) is 28.8 Å². The number of hydrogen-bond donors (Lipinski definition) is 1. The van der Waals surface area contributed by atoms with E-state index in [9.17, 15) is 9.90 Å². The number of methoxy groups -OCH3 is 1. The molecule has 4 nitrogen and oxygen atoms in total. The van der Waals surface area contributed by atoms with E-state index in [0.717, 1.165) is 29.4 Å². The van der Waals surface area contributed by atoms with Gasteiger partial charge in [-0.3, -0.25) is 4.67 Å². The van der Waals surface area contributed by atoms with Crippen LogP contribution in [0.25, 0.3) is 10.8 Å². The third-order valence-electron chi connectivity index (χ3n) is 4.43. The van der Waals surface area contributed by atoms with E-state index in [2.05, 4.69) is 14.1 Å². The molecule has 3 rings (SSSR count). The molecule has 22 heavy (non-hydrogen) atoms. The second-order valence-corrected chi connectivity index (χ2v) is 6.53. The van der Waals surface area contributed by atoms with Crippen LogP contribution in [0.2, 0.25) is 0 Å². The fourth-order valence-corrected chi connectivity index (χ4v) is 3.30. The molecule has 1 atom stereocenters. The summed E-state index contributed by atoms with van der Waals surface area (Å²) in [6.07, 6.45) is 1.30. The third-order valence-corrected chi connectivity index (χ3v) is 4.95. The minimum Gasteiger partial charge on any atom is -0.465 e. The van der Waals surface area contributed by atoms with Crippen molar-refractivity contribution in [2.45, 2.75) is 18.4 Å². The van der Waals surface area contributed by atoms with Crippen LogP contribution in [-0.4, -0.2) is 35.9 Å². The predicted molar refractivity (Wildman–Crippen MR) is 89.7 cm³/mol. The van der Waals surface area contributed by atoms with E-state index in [-0.39, 0.29) is 5.97 Å². The molecule has 1 saturated heterocycles. The molecule has 0 aliphatic carbocycles. The van der Waals surface area contributed by atoms with E-state index < -0.39 is 5.60 Å². The highest BCUT2D eigenvalue weighted by Gasteiger charge is 2.34. The summed E-state index contributed by atoms with van der Waals surface area (Å²) in [7, 11) is 4.06. The normalized spacial score (nSPS) is 18.3. The average Bonchev–Trinajstić information content (AvgIpc) is 2.56. The molecule has 1 heterocycles. The van der Waals surface area contributed by atoms with E-state index in [0.29, 0.717) is 18.4 Å². The lowest BCUT2D eigenvalue weighted by molar-refractivity contribution is -0.00819. The minimum absolute atomic E-state index is 0.370. The van der Waals surface area contributed by atoms with Crippen LogP contribution in [0.5, 0.6) is 0 Å². The van der Waals surface area contributed by atoms with Gasteiger partial charge in [-0.05, 0) is 41.3 Å². The molecule has 0 aromatic heterocycles. The van der Waals surface area contributed by atoms with E-state index >= 15 is 0 Å². The van der Waals surface area contributed by atoms with Crippen molar-refractivity contribution in [3.63, 3.8) is 0 Å². The summed E-state index contributed by atoms with van der Waals surface area (Å²) < 4.78 is 7.03. The van der Waals surface area contributed by atoms with Crippen molar-refractivity contribution in [1.29, 1.82) is 0 Å². The first-order valence-corrected chi connectivity index (χ1v) is 7.89. The van der Waals surface area contributed by atoms with Crippen LogP contribution in [0.15, 0.2) is 36.4 Å². The maximum absolute atomic E-state index is 12.1.